The van der Waals surface area contributed by atoms with Crippen LogP contribution in [0.25, 0.3) is 21.7 Å². The topological polar surface area (TPSA) is 83.6 Å². The Kier molecular flexibility index (Phi) is 6.19. The molecule has 5 aromatic rings. The van der Waals surface area contributed by atoms with Gasteiger partial charge in [-0.05, 0) is 77.3 Å². The molecule has 0 saturated heterocycles. The number of hydrogen-bond donors (Lipinski definition) is 1. The Morgan fingerprint density at radius 2 is 1.57 bits per heavy atom. The maximum atomic E-state index is 13.4. The van der Waals surface area contributed by atoms with Crippen molar-refractivity contribution in [1.82, 2.24) is 3.97 Å². The van der Waals surface area contributed by atoms with E-state index in [0.717, 1.165) is 27.3 Å². The largest absolute Gasteiger partial charge is 0.497 e. The van der Waals surface area contributed by atoms with E-state index in [9.17, 15) is 8.42 Å². The van der Waals surface area contributed by atoms with Crippen molar-refractivity contribution in [3.63, 3.8) is 0 Å². The number of methoxy groups -OCH3 is 1. The summed E-state index contributed by atoms with van der Waals surface area (Å²) in [6.45, 7) is 0.812. The van der Waals surface area contributed by atoms with Crippen LogP contribution in [0, 0.1) is 0 Å². The van der Waals surface area contributed by atoms with E-state index in [1.807, 2.05) is 24.3 Å². The molecule has 35 heavy (non-hydrogen) atoms. The first-order valence-electron chi connectivity index (χ1n) is 11.3. The maximum Gasteiger partial charge on any atom is 0.268 e. The molecule has 6 nitrogen and oxygen atoms in total. The summed E-state index contributed by atoms with van der Waals surface area (Å²) in [4.78, 5) is 0.186. The standard InChI is InChI=1S/C28H26N2O4S/c1-33-23-9-12-25(13-10-23)35(31,32)30-18-21(15-16-29)27-17-24(11-14-28(27)30)34-19-22-7-4-6-20-5-2-3-8-26(20)22/h2-14,17-18H,15-16,19,29H2,1H3. The highest BCUT2D eigenvalue weighted by Crippen LogP contribution is 2.31. The number of rotatable bonds is 8. The van der Waals surface area contributed by atoms with Crippen molar-refractivity contribution in [3.05, 3.63) is 102 Å². The molecule has 5 rings (SSSR count). The average Bonchev–Trinajstić information content (AvgIpc) is 3.26. The monoisotopic (exact) mass is 486 g/mol. The van der Waals surface area contributed by atoms with Crippen LogP contribution in [0.3, 0.4) is 0 Å². The lowest BCUT2D eigenvalue weighted by Gasteiger charge is -2.11. The summed E-state index contributed by atoms with van der Waals surface area (Å²) in [6.07, 6.45) is 2.21. The maximum absolute atomic E-state index is 13.4. The van der Waals surface area contributed by atoms with Crippen molar-refractivity contribution in [2.45, 2.75) is 17.9 Å². The lowest BCUT2D eigenvalue weighted by Crippen LogP contribution is -2.12. The first-order chi connectivity index (χ1) is 17.0. The zero-order valence-electron chi connectivity index (χ0n) is 19.3. The van der Waals surface area contributed by atoms with Gasteiger partial charge >= 0.3 is 0 Å². The van der Waals surface area contributed by atoms with E-state index in [0.29, 0.717) is 36.6 Å². The highest BCUT2D eigenvalue weighted by atomic mass is 32.2. The molecule has 0 amide bonds. The van der Waals surface area contributed by atoms with Crippen LogP contribution in [0.2, 0.25) is 0 Å². The van der Waals surface area contributed by atoms with Crippen molar-refractivity contribution in [3.8, 4) is 11.5 Å². The second-order valence-corrected chi connectivity index (χ2v) is 10.1. The van der Waals surface area contributed by atoms with E-state index in [-0.39, 0.29) is 4.90 Å². The molecule has 0 fully saturated rings. The molecule has 7 heteroatoms. The van der Waals surface area contributed by atoms with Gasteiger partial charge in [0.2, 0.25) is 0 Å². The lowest BCUT2D eigenvalue weighted by atomic mass is 10.1. The summed E-state index contributed by atoms with van der Waals surface area (Å²) in [6, 6.07) is 26.2. The van der Waals surface area contributed by atoms with Gasteiger partial charge in [-0.25, -0.2) is 12.4 Å². The van der Waals surface area contributed by atoms with Crippen molar-refractivity contribution < 1.29 is 17.9 Å². The van der Waals surface area contributed by atoms with E-state index in [2.05, 4.69) is 24.3 Å². The molecule has 1 heterocycles. The van der Waals surface area contributed by atoms with Gasteiger partial charge in [-0.15, -0.1) is 0 Å². The van der Waals surface area contributed by atoms with Crippen LogP contribution in [-0.4, -0.2) is 26.0 Å². The second kappa shape index (κ2) is 9.44. The molecule has 0 saturated carbocycles. The highest BCUT2D eigenvalue weighted by molar-refractivity contribution is 7.90. The Morgan fingerprint density at radius 3 is 2.34 bits per heavy atom. The summed E-state index contributed by atoms with van der Waals surface area (Å²) in [5, 5.41) is 3.12. The number of fused-ring (bicyclic) bond motifs is 2. The Morgan fingerprint density at radius 1 is 0.829 bits per heavy atom. The number of nitrogens with zero attached hydrogens (tertiary/aromatic N) is 1. The number of hydrogen-bond acceptors (Lipinski definition) is 5. The quantitative estimate of drug-likeness (QED) is 0.329. The van der Waals surface area contributed by atoms with Gasteiger partial charge in [-0.3, -0.25) is 0 Å². The first-order valence-corrected chi connectivity index (χ1v) is 12.8. The summed E-state index contributed by atoms with van der Waals surface area (Å²) in [7, 11) is -2.26. The summed E-state index contributed by atoms with van der Waals surface area (Å²) < 4.78 is 39.5. The Hall–Kier alpha value is -3.81. The third-order valence-corrected chi connectivity index (χ3v) is 7.82. The fourth-order valence-corrected chi connectivity index (χ4v) is 5.72. The predicted molar refractivity (Wildman–Crippen MR) is 139 cm³/mol. The minimum absolute atomic E-state index is 0.186. The van der Waals surface area contributed by atoms with Crippen molar-refractivity contribution >= 4 is 31.7 Å². The van der Waals surface area contributed by atoms with E-state index in [4.69, 9.17) is 15.2 Å². The van der Waals surface area contributed by atoms with E-state index in [1.54, 1.807) is 49.7 Å². The van der Waals surface area contributed by atoms with Crippen LogP contribution >= 0.6 is 0 Å². The molecule has 0 bridgehead atoms. The SMILES string of the molecule is COc1ccc(S(=O)(=O)n2cc(CCN)c3cc(OCc4cccc5ccccc45)ccc32)cc1. The van der Waals surface area contributed by atoms with Gasteiger partial charge < -0.3 is 15.2 Å². The van der Waals surface area contributed by atoms with Crippen LogP contribution in [0.5, 0.6) is 11.5 Å². The molecule has 2 N–H and O–H groups in total. The van der Waals surface area contributed by atoms with Crippen molar-refractivity contribution in [2.24, 2.45) is 5.73 Å². The van der Waals surface area contributed by atoms with Crippen molar-refractivity contribution in [2.75, 3.05) is 13.7 Å². The molecular weight excluding hydrogens is 460 g/mol. The van der Waals surface area contributed by atoms with Gasteiger partial charge in [0.05, 0.1) is 17.5 Å². The third-order valence-electron chi connectivity index (χ3n) is 6.13. The number of nitrogens with two attached hydrogens (primary N) is 1. The van der Waals surface area contributed by atoms with Gasteiger partial charge in [-0.2, -0.15) is 0 Å². The van der Waals surface area contributed by atoms with Gasteiger partial charge in [0.1, 0.15) is 18.1 Å². The second-order valence-electron chi connectivity index (χ2n) is 8.28. The van der Waals surface area contributed by atoms with Crippen LogP contribution in [0.4, 0.5) is 0 Å². The summed E-state index contributed by atoms with van der Waals surface area (Å²) in [5.74, 6) is 1.27. The minimum atomic E-state index is -3.80. The molecule has 0 spiro atoms. The molecule has 1 aromatic heterocycles. The summed E-state index contributed by atoms with van der Waals surface area (Å²) in [5.41, 5.74) is 8.36. The molecular formula is C28H26N2O4S. The molecule has 0 unspecified atom stereocenters. The predicted octanol–water partition coefficient (Wildman–Crippen LogP) is 5.12. The number of benzene rings is 4. The Labute approximate surface area is 204 Å². The van der Waals surface area contributed by atoms with Gasteiger partial charge in [0.25, 0.3) is 10.0 Å². The van der Waals surface area contributed by atoms with E-state index in [1.165, 1.54) is 3.97 Å². The highest BCUT2D eigenvalue weighted by Gasteiger charge is 2.21. The molecule has 0 aliphatic rings. The normalized spacial score (nSPS) is 11.7. The van der Waals surface area contributed by atoms with Crippen LogP contribution < -0.4 is 15.2 Å². The van der Waals surface area contributed by atoms with Gasteiger partial charge in [-0.1, -0.05) is 42.5 Å². The zero-order chi connectivity index (χ0) is 24.4. The number of aromatic nitrogens is 1. The minimum Gasteiger partial charge on any atom is -0.497 e. The molecule has 0 aliphatic heterocycles. The van der Waals surface area contributed by atoms with E-state index >= 15 is 0 Å². The fourth-order valence-electron chi connectivity index (χ4n) is 4.33. The Bertz CT molecular complexity index is 1600. The molecule has 0 radical (unpaired) electrons. The molecule has 4 aromatic carbocycles. The average molecular weight is 487 g/mol. The fraction of sp³-hybridized carbons (Fsp3) is 0.143. The van der Waals surface area contributed by atoms with Crippen molar-refractivity contribution in [1.29, 1.82) is 0 Å². The zero-order valence-corrected chi connectivity index (χ0v) is 20.2. The van der Waals surface area contributed by atoms with Crippen LogP contribution in [0.1, 0.15) is 11.1 Å². The van der Waals surface area contributed by atoms with E-state index < -0.39 is 10.0 Å². The molecule has 0 atom stereocenters. The first kappa shape index (κ1) is 23.0. The number of ether oxygens (including phenoxy) is 2. The third kappa shape index (κ3) is 4.36. The molecule has 178 valence electrons. The smallest absolute Gasteiger partial charge is 0.268 e. The lowest BCUT2D eigenvalue weighted by molar-refractivity contribution is 0.308. The van der Waals surface area contributed by atoms with Gasteiger partial charge in [0.15, 0.2) is 0 Å². The van der Waals surface area contributed by atoms with Crippen LogP contribution in [0.15, 0.2) is 96.0 Å². The van der Waals surface area contributed by atoms with Gasteiger partial charge in [0, 0.05) is 11.6 Å². The Balaban J connectivity index is 1.50. The molecule has 0 aliphatic carbocycles. The van der Waals surface area contributed by atoms with Crippen LogP contribution in [-0.2, 0) is 23.1 Å². The summed E-state index contributed by atoms with van der Waals surface area (Å²) >= 11 is 0.